The van der Waals surface area contributed by atoms with Gasteiger partial charge in [-0.15, -0.1) is 0 Å². The maximum absolute atomic E-state index is 7.43. The average molecular weight is 232 g/mol. The number of pyridine rings is 1. The highest BCUT2D eigenvalue weighted by molar-refractivity contribution is 5.93. The zero-order valence-corrected chi connectivity index (χ0v) is 10.5. The van der Waals surface area contributed by atoms with E-state index in [4.69, 9.17) is 11.1 Å². The first-order valence-corrected chi connectivity index (χ1v) is 6.16. The fraction of sp³-hybridized carbons (Fsp3) is 0.538. The second-order valence-corrected chi connectivity index (χ2v) is 4.98. The summed E-state index contributed by atoms with van der Waals surface area (Å²) in [7, 11) is 0. The van der Waals surface area contributed by atoms with Crippen LogP contribution in [0, 0.1) is 11.3 Å². The minimum Gasteiger partial charge on any atom is -0.382 e. The fourth-order valence-electron chi connectivity index (χ4n) is 1.88. The Bertz CT molecular complexity index is 410. The van der Waals surface area contributed by atoms with Crippen molar-refractivity contribution in [2.75, 3.05) is 11.4 Å². The van der Waals surface area contributed by atoms with Crippen LogP contribution in [-0.2, 0) is 0 Å². The van der Waals surface area contributed by atoms with Crippen molar-refractivity contribution in [2.45, 2.75) is 32.7 Å². The molecule has 4 heteroatoms. The highest BCUT2D eigenvalue weighted by Crippen LogP contribution is 2.31. The number of anilines is 1. The van der Waals surface area contributed by atoms with Crippen LogP contribution in [0.1, 0.15) is 32.4 Å². The van der Waals surface area contributed by atoms with E-state index in [1.807, 2.05) is 12.1 Å². The molecule has 0 aromatic carbocycles. The van der Waals surface area contributed by atoms with Crippen molar-refractivity contribution in [3.05, 3.63) is 23.9 Å². The summed E-state index contributed by atoms with van der Waals surface area (Å²) in [4.78, 5) is 6.75. The van der Waals surface area contributed by atoms with Gasteiger partial charge in [0.15, 0.2) is 0 Å². The molecule has 0 spiro atoms. The number of hydrogen-bond acceptors (Lipinski definition) is 3. The summed E-state index contributed by atoms with van der Waals surface area (Å²) in [6.07, 6.45) is 2.66. The van der Waals surface area contributed by atoms with Gasteiger partial charge in [-0.25, -0.2) is 4.98 Å². The van der Waals surface area contributed by atoms with Crippen LogP contribution in [0.3, 0.4) is 0 Å². The minimum atomic E-state index is 0.0296. The van der Waals surface area contributed by atoms with E-state index in [9.17, 15) is 0 Å². The lowest BCUT2D eigenvalue weighted by molar-refractivity contribution is 0.636. The van der Waals surface area contributed by atoms with Crippen LogP contribution in [0.25, 0.3) is 0 Å². The molecule has 1 aromatic rings. The summed E-state index contributed by atoms with van der Waals surface area (Å²) in [5.74, 6) is 1.78. The highest BCUT2D eigenvalue weighted by atomic mass is 15.2. The van der Waals surface area contributed by atoms with Crippen molar-refractivity contribution >= 4 is 11.7 Å². The van der Waals surface area contributed by atoms with Gasteiger partial charge in [-0.3, -0.25) is 5.41 Å². The number of nitrogens with one attached hydrogen (secondary N) is 1. The average Bonchev–Trinajstić information content (AvgIpc) is 3.09. The zero-order chi connectivity index (χ0) is 12.4. The Balaban J connectivity index is 2.21. The topological polar surface area (TPSA) is 66.0 Å². The number of nitrogens with two attached hydrogens (primary N) is 1. The minimum absolute atomic E-state index is 0.0296. The predicted molar refractivity (Wildman–Crippen MR) is 70.5 cm³/mol. The molecule has 0 radical (unpaired) electrons. The van der Waals surface area contributed by atoms with Crippen molar-refractivity contribution in [2.24, 2.45) is 11.7 Å². The lowest BCUT2D eigenvalue weighted by Gasteiger charge is -2.28. The maximum Gasteiger partial charge on any atom is 0.141 e. The summed E-state index contributed by atoms with van der Waals surface area (Å²) in [5, 5.41) is 7.43. The van der Waals surface area contributed by atoms with E-state index < -0.39 is 0 Å². The molecule has 0 atom stereocenters. The van der Waals surface area contributed by atoms with Crippen molar-refractivity contribution in [1.82, 2.24) is 4.98 Å². The van der Waals surface area contributed by atoms with Crippen LogP contribution in [0.5, 0.6) is 0 Å². The smallest absolute Gasteiger partial charge is 0.141 e. The lowest BCUT2D eigenvalue weighted by atomic mass is 10.2. The first-order valence-electron chi connectivity index (χ1n) is 6.16. The highest BCUT2D eigenvalue weighted by Gasteiger charge is 2.26. The summed E-state index contributed by atoms with van der Waals surface area (Å²) < 4.78 is 0. The van der Waals surface area contributed by atoms with Gasteiger partial charge in [0.25, 0.3) is 0 Å². The molecule has 17 heavy (non-hydrogen) atoms. The number of aromatic nitrogens is 1. The monoisotopic (exact) mass is 232 g/mol. The molecule has 0 bridgehead atoms. The number of amidine groups is 1. The summed E-state index contributed by atoms with van der Waals surface area (Å²) in [6.45, 7) is 5.40. The van der Waals surface area contributed by atoms with Crippen LogP contribution in [0.15, 0.2) is 18.2 Å². The van der Waals surface area contributed by atoms with Crippen molar-refractivity contribution in [3.8, 4) is 0 Å². The van der Waals surface area contributed by atoms with Gasteiger partial charge in [0.1, 0.15) is 17.3 Å². The molecule has 1 aliphatic carbocycles. The standard InChI is InChI=1S/C13H20N4/c1-9(2)17(8-10-6-7-10)12-5-3-4-11(16-12)13(14)15/h3-5,9-10H,6-8H2,1-2H3,(H3,14,15). The quantitative estimate of drug-likeness (QED) is 0.602. The number of nitrogen functional groups attached to an aromatic ring is 1. The Labute approximate surface area is 102 Å². The molecule has 0 saturated heterocycles. The Morgan fingerprint density at radius 3 is 2.76 bits per heavy atom. The third-order valence-electron chi connectivity index (χ3n) is 3.08. The molecule has 1 fully saturated rings. The molecular weight excluding hydrogens is 212 g/mol. The van der Waals surface area contributed by atoms with Crippen molar-refractivity contribution < 1.29 is 0 Å². The Morgan fingerprint density at radius 1 is 1.53 bits per heavy atom. The number of rotatable bonds is 5. The lowest BCUT2D eigenvalue weighted by Crippen LogP contribution is -2.33. The van der Waals surface area contributed by atoms with E-state index in [-0.39, 0.29) is 5.84 Å². The van der Waals surface area contributed by atoms with E-state index in [0.717, 1.165) is 18.3 Å². The second kappa shape index (κ2) is 4.73. The number of hydrogen-bond donors (Lipinski definition) is 2. The van der Waals surface area contributed by atoms with Gasteiger partial charge in [-0.2, -0.15) is 0 Å². The Hall–Kier alpha value is -1.58. The van der Waals surface area contributed by atoms with E-state index in [1.165, 1.54) is 12.8 Å². The molecule has 1 saturated carbocycles. The zero-order valence-electron chi connectivity index (χ0n) is 10.5. The molecule has 4 nitrogen and oxygen atoms in total. The third kappa shape index (κ3) is 2.96. The van der Waals surface area contributed by atoms with Crippen molar-refractivity contribution in [1.29, 1.82) is 5.41 Å². The SMILES string of the molecule is CC(C)N(CC1CC1)c1cccc(C(=N)N)n1. The van der Waals surface area contributed by atoms with E-state index >= 15 is 0 Å². The summed E-state index contributed by atoms with van der Waals surface area (Å²) in [6, 6.07) is 6.11. The van der Waals surface area contributed by atoms with Gasteiger partial charge in [0.2, 0.25) is 0 Å². The van der Waals surface area contributed by atoms with Gasteiger partial charge in [0, 0.05) is 12.6 Å². The molecule has 1 aliphatic rings. The van der Waals surface area contributed by atoms with Crippen LogP contribution >= 0.6 is 0 Å². The third-order valence-corrected chi connectivity index (χ3v) is 3.08. The molecule has 3 N–H and O–H groups in total. The summed E-state index contributed by atoms with van der Waals surface area (Å²) >= 11 is 0. The fourth-order valence-corrected chi connectivity index (χ4v) is 1.88. The first-order chi connectivity index (χ1) is 8.08. The molecule has 1 heterocycles. The second-order valence-electron chi connectivity index (χ2n) is 4.98. The van der Waals surface area contributed by atoms with E-state index in [2.05, 4.69) is 23.7 Å². The number of nitrogens with zero attached hydrogens (tertiary/aromatic N) is 2. The normalized spacial score (nSPS) is 15.0. The molecule has 0 aliphatic heterocycles. The molecule has 2 rings (SSSR count). The largest absolute Gasteiger partial charge is 0.382 e. The molecule has 1 aromatic heterocycles. The van der Waals surface area contributed by atoms with Crippen molar-refractivity contribution in [3.63, 3.8) is 0 Å². The van der Waals surface area contributed by atoms with Gasteiger partial charge in [-0.1, -0.05) is 6.07 Å². The predicted octanol–water partition coefficient (Wildman–Crippen LogP) is 1.99. The molecule has 92 valence electrons. The molecule has 0 amide bonds. The Kier molecular flexibility index (Phi) is 3.31. The Morgan fingerprint density at radius 2 is 2.24 bits per heavy atom. The maximum atomic E-state index is 7.43. The molecular formula is C13H20N4. The van der Waals surface area contributed by atoms with Gasteiger partial charge in [-0.05, 0) is 44.7 Å². The first kappa shape index (κ1) is 11.9. The van der Waals surface area contributed by atoms with Gasteiger partial charge < -0.3 is 10.6 Å². The van der Waals surface area contributed by atoms with Crippen LogP contribution in [0.4, 0.5) is 5.82 Å². The molecule has 0 unspecified atom stereocenters. The van der Waals surface area contributed by atoms with E-state index in [1.54, 1.807) is 6.07 Å². The summed E-state index contributed by atoms with van der Waals surface area (Å²) in [5.41, 5.74) is 6.03. The van der Waals surface area contributed by atoms with Crippen LogP contribution in [0.2, 0.25) is 0 Å². The van der Waals surface area contributed by atoms with Gasteiger partial charge >= 0.3 is 0 Å². The van der Waals surface area contributed by atoms with Gasteiger partial charge in [0.05, 0.1) is 0 Å². The van der Waals surface area contributed by atoms with E-state index in [0.29, 0.717) is 11.7 Å². The van der Waals surface area contributed by atoms with Crippen LogP contribution in [-0.4, -0.2) is 23.4 Å². The van der Waals surface area contributed by atoms with Crippen LogP contribution < -0.4 is 10.6 Å².